The molecule has 1 atom stereocenters. The van der Waals surface area contributed by atoms with E-state index in [4.69, 9.17) is 14.2 Å². The van der Waals surface area contributed by atoms with E-state index in [0.717, 1.165) is 27.2 Å². The van der Waals surface area contributed by atoms with Gasteiger partial charge in [-0.05, 0) is 28.7 Å². The molecule has 0 bridgehead atoms. The largest absolute Gasteiger partial charge is 0.465 e. The molecule has 0 radical (unpaired) electrons. The maximum absolute atomic E-state index is 12.8. The Labute approximate surface area is 168 Å². The summed E-state index contributed by atoms with van der Waals surface area (Å²) in [5.74, 6) is -0.899. The van der Waals surface area contributed by atoms with Gasteiger partial charge in [-0.1, -0.05) is 48.5 Å². The van der Waals surface area contributed by atoms with Gasteiger partial charge in [-0.25, -0.2) is 9.59 Å². The Bertz CT molecular complexity index is 912. The van der Waals surface area contributed by atoms with Crippen molar-refractivity contribution in [3.8, 4) is 11.1 Å². The maximum Gasteiger partial charge on any atom is 0.413 e. The smallest absolute Gasteiger partial charge is 0.413 e. The molecule has 0 spiro atoms. The number of likely N-dealkylation sites (tertiary alicyclic amines) is 1. The van der Waals surface area contributed by atoms with E-state index in [1.807, 2.05) is 36.4 Å². The van der Waals surface area contributed by atoms with E-state index >= 15 is 0 Å². The minimum absolute atomic E-state index is 0.103. The van der Waals surface area contributed by atoms with Gasteiger partial charge in [0.05, 0.1) is 7.11 Å². The van der Waals surface area contributed by atoms with Crippen LogP contribution in [0.5, 0.6) is 0 Å². The van der Waals surface area contributed by atoms with Gasteiger partial charge < -0.3 is 14.2 Å². The fraction of sp³-hybridized carbons (Fsp3) is 0.318. The minimum atomic E-state index is -1.76. The number of methoxy groups -OCH3 is 1. The molecule has 0 N–H and O–H groups in total. The molecule has 1 fully saturated rings. The highest BCUT2D eigenvalue weighted by Gasteiger charge is 2.54. The van der Waals surface area contributed by atoms with Gasteiger partial charge in [-0.2, -0.15) is 0 Å². The molecule has 29 heavy (non-hydrogen) atoms. The molecule has 1 aliphatic carbocycles. The average Bonchev–Trinajstić information content (AvgIpc) is 3.32. The van der Waals surface area contributed by atoms with Crippen LogP contribution >= 0.6 is 0 Å². The number of fused-ring (bicyclic) bond motifs is 3. The Morgan fingerprint density at radius 1 is 1.10 bits per heavy atom. The lowest BCUT2D eigenvalue weighted by Crippen LogP contribution is -2.55. The van der Waals surface area contributed by atoms with Gasteiger partial charge in [-0.15, -0.1) is 0 Å². The molecule has 1 heterocycles. The van der Waals surface area contributed by atoms with Crippen LogP contribution in [0.2, 0.25) is 0 Å². The molecule has 1 saturated heterocycles. The van der Waals surface area contributed by atoms with E-state index in [0.29, 0.717) is 6.42 Å². The molecule has 4 rings (SSSR count). The normalized spacial score (nSPS) is 20.0. The molecule has 2 aromatic rings. The quantitative estimate of drug-likeness (QED) is 0.440. The van der Waals surface area contributed by atoms with Gasteiger partial charge in [0.1, 0.15) is 6.61 Å². The lowest BCUT2D eigenvalue weighted by Gasteiger charge is -2.33. The number of amides is 1. The van der Waals surface area contributed by atoms with Crippen LogP contribution in [-0.2, 0) is 23.8 Å². The number of hydrogen-bond acceptors (Lipinski definition) is 6. The lowest BCUT2D eigenvalue weighted by atomic mass is 9.98. The molecular formula is C22H21NO6. The molecule has 0 aromatic heterocycles. The average molecular weight is 395 g/mol. The highest BCUT2D eigenvalue weighted by molar-refractivity contribution is 5.86. The maximum atomic E-state index is 12.8. The first-order chi connectivity index (χ1) is 14.1. The number of carbonyl (C=O) groups is 3. The van der Waals surface area contributed by atoms with E-state index in [1.54, 1.807) is 0 Å². The summed E-state index contributed by atoms with van der Waals surface area (Å²) in [6, 6.07) is 16.0. The monoisotopic (exact) mass is 395 g/mol. The Morgan fingerprint density at radius 3 is 2.31 bits per heavy atom. The van der Waals surface area contributed by atoms with Crippen molar-refractivity contribution in [1.82, 2.24) is 4.90 Å². The Hall–Kier alpha value is -3.35. The summed E-state index contributed by atoms with van der Waals surface area (Å²) in [6.45, 7) is 0.507. The number of benzene rings is 2. The van der Waals surface area contributed by atoms with Gasteiger partial charge in [0.15, 0.2) is 0 Å². The van der Waals surface area contributed by atoms with Crippen molar-refractivity contribution in [2.75, 3.05) is 20.3 Å². The van der Waals surface area contributed by atoms with Gasteiger partial charge in [-0.3, -0.25) is 9.69 Å². The molecule has 2 aliphatic rings. The van der Waals surface area contributed by atoms with Crippen LogP contribution in [-0.4, -0.2) is 49.4 Å². The zero-order valence-corrected chi connectivity index (χ0v) is 16.0. The molecule has 1 aliphatic heterocycles. The highest BCUT2D eigenvalue weighted by Crippen LogP contribution is 2.44. The van der Waals surface area contributed by atoms with Crippen LogP contribution in [0.25, 0.3) is 11.1 Å². The molecular weight excluding hydrogens is 374 g/mol. The number of hydrogen-bond donors (Lipinski definition) is 0. The summed E-state index contributed by atoms with van der Waals surface area (Å²) in [7, 11) is 1.19. The molecule has 7 heteroatoms. The molecule has 2 aromatic carbocycles. The zero-order chi connectivity index (χ0) is 20.4. The third kappa shape index (κ3) is 3.03. The van der Waals surface area contributed by atoms with Gasteiger partial charge in [0.2, 0.25) is 0 Å². The topological polar surface area (TPSA) is 82.1 Å². The van der Waals surface area contributed by atoms with E-state index in [2.05, 4.69) is 12.1 Å². The van der Waals surface area contributed by atoms with Gasteiger partial charge >= 0.3 is 12.1 Å². The standard InChI is InChI=1S/C22H21NO6/c1-27-20(25)22(29-14-24)11-6-12-23(22)21(26)28-13-19-17-9-4-2-7-15(17)16-8-3-5-10-18(16)19/h2-5,7-10,14,19H,6,11-13H2,1H3/t22-/m1/s1. The third-order valence-electron chi connectivity index (χ3n) is 5.64. The van der Waals surface area contributed by atoms with Crippen molar-refractivity contribution in [1.29, 1.82) is 0 Å². The first-order valence-corrected chi connectivity index (χ1v) is 9.45. The fourth-order valence-electron chi connectivity index (χ4n) is 4.33. The van der Waals surface area contributed by atoms with Crippen LogP contribution in [0, 0.1) is 0 Å². The summed E-state index contributed by atoms with van der Waals surface area (Å²) in [6.07, 6.45) is -0.0490. The number of carbonyl (C=O) groups excluding carboxylic acids is 3. The van der Waals surface area contributed by atoms with E-state index < -0.39 is 17.8 Å². The van der Waals surface area contributed by atoms with Crippen LogP contribution < -0.4 is 0 Å². The van der Waals surface area contributed by atoms with Gasteiger partial charge in [0, 0.05) is 18.9 Å². The Kier molecular flexibility index (Phi) is 4.96. The molecule has 7 nitrogen and oxygen atoms in total. The van der Waals surface area contributed by atoms with Crippen molar-refractivity contribution in [2.45, 2.75) is 24.5 Å². The Balaban J connectivity index is 1.56. The van der Waals surface area contributed by atoms with Crippen molar-refractivity contribution in [3.05, 3.63) is 59.7 Å². The first-order valence-electron chi connectivity index (χ1n) is 9.45. The second-order valence-corrected chi connectivity index (χ2v) is 7.05. The second kappa shape index (κ2) is 7.58. The van der Waals surface area contributed by atoms with E-state index in [1.165, 1.54) is 7.11 Å². The fourth-order valence-corrected chi connectivity index (χ4v) is 4.33. The minimum Gasteiger partial charge on any atom is -0.465 e. The summed E-state index contributed by atoms with van der Waals surface area (Å²) in [4.78, 5) is 37.2. The van der Waals surface area contributed by atoms with Crippen LogP contribution in [0.3, 0.4) is 0 Å². The van der Waals surface area contributed by atoms with Crippen LogP contribution in [0.15, 0.2) is 48.5 Å². The van der Waals surface area contributed by atoms with Crippen LogP contribution in [0.1, 0.15) is 29.9 Å². The Morgan fingerprint density at radius 2 is 1.72 bits per heavy atom. The summed E-state index contributed by atoms with van der Waals surface area (Å²) in [5.41, 5.74) is 2.66. The first kappa shape index (κ1) is 19.0. The molecule has 0 saturated carbocycles. The SMILES string of the molecule is COC(=O)[C@]1(OC=O)CCCN1C(=O)OCC1c2ccccc2-c2ccccc21. The zero-order valence-electron chi connectivity index (χ0n) is 16.0. The van der Waals surface area contributed by atoms with E-state index in [-0.39, 0.29) is 32.0 Å². The second-order valence-electron chi connectivity index (χ2n) is 7.05. The number of esters is 1. The predicted octanol–water partition coefficient (Wildman–Crippen LogP) is 3.07. The van der Waals surface area contributed by atoms with Crippen molar-refractivity contribution < 1.29 is 28.6 Å². The number of nitrogens with zero attached hydrogens (tertiary/aromatic N) is 1. The molecule has 150 valence electrons. The van der Waals surface area contributed by atoms with Gasteiger partial charge in [0.25, 0.3) is 12.2 Å². The predicted molar refractivity (Wildman–Crippen MR) is 103 cm³/mol. The van der Waals surface area contributed by atoms with Crippen molar-refractivity contribution in [3.63, 3.8) is 0 Å². The third-order valence-corrected chi connectivity index (χ3v) is 5.64. The molecule has 1 amide bonds. The molecule has 0 unspecified atom stereocenters. The number of ether oxygens (including phenoxy) is 3. The van der Waals surface area contributed by atoms with Crippen LogP contribution in [0.4, 0.5) is 4.79 Å². The summed E-state index contributed by atoms with van der Waals surface area (Å²) >= 11 is 0. The lowest BCUT2D eigenvalue weighted by molar-refractivity contribution is -0.189. The number of rotatable bonds is 5. The summed E-state index contributed by atoms with van der Waals surface area (Å²) in [5, 5.41) is 0. The van der Waals surface area contributed by atoms with Crippen molar-refractivity contribution >= 4 is 18.5 Å². The summed E-state index contributed by atoms with van der Waals surface area (Å²) < 4.78 is 15.4. The van der Waals surface area contributed by atoms with Crippen molar-refractivity contribution in [2.24, 2.45) is 0 Å². The van der Waals surface area contributed by atoms with E-state index in [9.17, 15) is 14.4 Å². The highest BCUT2D eigenvalue weighted by atomic mass is 16.6.